The van der Waals surface area contributed by atoms with Gasteiger partial charge in [0.2, 0.25) is 0 Å². The maximum atomic E-state index is 12.9. The number of hydrogen-bond donors (Lipinski definition) is 2. The van der Waals surface area contributed by atoms with Crippen molar-refractivity contribution in [2.24, 2.45) is 0 Å². The average molecular weight is 469 g/mol. The Morgan fingerprint density at radius 3 is 2.03 bits per heavy atom. The molecule has 2 aromatic rings. The highest BCUT2D eigenvalue weighted by molar-refractivity contribution is 7.98. The van der Waals surface area contributed by atoms with Crippen LogP contribution >= 0.6 is 11.8 Å². The Morgan fingerprint density at radius 1 is 0.939 bits per heavy atom. The van der Waals surface area contributed by atoms with Crippen LogP contribution in [0.3, 0.4) is 0 Å². The lowest BCUT2D eigenvalue weighted by atomic mass is 10.1. The zero-order valence-corrected chi connectivity index (χ0v) is 19.8. The molecule has 1 unspecified atom stereocenters. The van der Waals surface area contributed by atoms with Gasteiger partial charge in [0.25, 0.3) is 23.6 Å². The third-order valence-electron chi connectivity index (χ3n) is 5.59. The van der Waals surface area contributed by atoms with Gasteiger partial charge in [-0.3, -0.25) is 34.9 Å². The van der Waals surface area contributed by atoms with Crippen LogP contribution in [0.4, 0.5) is 5.69 Å². The summed E-state index contributed by atoms with van der Waals surface area (Å²) in [5, 5.41) is 0. The third kappa shape index (κ3) is 5.19. The molecular formula is C24H28N4O4S. The molecule has 0 radical (unpaired) electrons. The molecule has 2 N–H and O–H groups in total. The van der Waals surface area contributed by atoms with E-state index in [9.17, 15) is 19.2 Å². The fourth-order valence-corrected chi connectivity index (χ4v) is 4.24. The maximum absolute atomic E-state index is 12.9. The Labute approximate surface area is 197 Å². The van der Waals surface area contributed by atoms with Crippen LogP contribution in [0.25, 0.3) is 0 Å². The van der Waals surface area contributed by atoms with Gasteiger partial charge in [-0.1, -0.05) is 12.1 Å². The molecule has 0 fully saturated rings. The highest BCUT2D eigenvalue weighted by Gasteiger charge is 2.42. The summed E-state index contributed by atoms with van der Waals surface area (Å²) in [4.78, 5) is 54.3. The minimum atomic E-state index is -1.03. The van der Waals surface area contributed by atoms with Crippen molar-refractivity contribution in [3.63, 3.8) is 0 Å². The molecule has 0 saturated heterocycles. The number of hydrogen-bond acceptors (Lipinski definition) is 6. The average Bonchev–Trinajstić information content (AvgIpc) is 3.09. The summed E-state index contributed by atoms with van der Waals surface area (Å²) in [5.74, 6) is -1.55. The summed E-state index contributed by atoms with van der Waals surface area (Å²) < 4.78 is 0. The number of hydrazine groups is 1. The number of carbonyl (C=O) groups excluding carboxylic acids is 4. The number of nitrogens with zero attached hydrogens (tertiary/aromatic N) is 2. The topological polar surface area (TPSA) is 98.8 Å². The van der Waals surface area contributed by atoms with Gasteiger partial charge in [-0.15, -0.1) is 0 Å². The molecule has 0 saturated carbocycles. The molecule has 0 aromatic heterocycles. The Balaban J connectivity index is 1.69. The molecule has 174 valence electrons. The number of amides is 4. The first-order valence-corrected chi connectivity index (χ1v) is 12.2. The number of benzene rings is 2. The minimum absolute atomic E-state index is 0.271. The summed E-state index contributed by atoms with van der Waals surface area (Å²) in [7, 11) is 0. The van der Waals surface area contributed by atoms with Gasteiger partial charge >= 0.3 is 0 Å². The monoisotopic (exact) mass is 468 g/mol. The molecule has 1 aliphatic heterocycles. The number of carbonyl (C=O) groups is 4. The van der Waals surface area contributed by atoms with Crippen LogP contribution in [0, 0.1) is 0 Å². The van der Waals surface area contributed by atoms with E-state index in [2.05, 4.69) is 29.6 Å². The standard InChI is InChI=1S/C24H28N4O4S/c1-4-27(5-2)17-12-10-16(11-13-17)21(29)25-26-22(30)20(14-15-33-3)28-23(31)18-8-6-7-9-19(18)24(28)32/h6-13,20H,4-5,14-15H2,1-3H3,(H,25,29)(H,26,30). The summed E-state index contributed by atoms with van der Waals surface area (Å²) >= 11 is 1.50. The van der Waals surface area contributed by atoms with Crippen molar-refractivity contribution in [3.8, 4) is 0 Å². The van der Waals surface area contributed by atoms with Crippen LogP contribution in [-0.4, -0.2) is 59.7 Å². The number of imide groups is 1. The summed E-state index contributed by atoms with van der Waals surface area (Å²) in [6.07, 6.45) is 2.15. The van der Waals surface area contributed by atoms with Crippen LogP contribution < -0.4 is 15.8 Å². The molecule has 4 amide bonds. The predicted octanol–water partition coefficient (Wildman–Crippen LogP) is 2.71. The smallest absolute Gasteiger partial charge is 0.269 e. The van der Waals surface area contributed by atoms with Gasteiger partial charge in [0.05, 0.1) is 11.1 Å². The Kier molecular flexibility index (Phi) is 8.11. The number of thioether (sulfide) groups is 1. The number of fused-ring (bicyclic) bond motifs is 1. The van der Waals surface area contributed by atoms with Crippen LogP contribution in [0.2, 0.25) is 0 Å². The van der Waals surface area contributed by atoms with Gasteiger partial charge < -0.3 is 4.90 Å². The third-order valence-corrected chi connectivity index (χ3v) is 6.24. The van der Waals surface area contributed by atoms with E-state index in [1.807, 2.05) is 18.4 Å². The van der Waals surface area contributed by atoms with Crippen molar-refractivity contribution >= 4 is 41.1 Å². The van der Waals surface area contributed by atoms with E-state index in [-0.39, 0.29) is 17.5 Å². The molecule has 1 atom stereocenters. The van der Waals surface area contributed by atoms with E-state index in [4.69, 9.17) is 0 Å². The Morgan fingerprint density at radius 2 is 1.52 bits per heavy atom. The van der Waals surface area contributed by atoms with E-state index < -0.39 is 29.7 Å². The molecule has 9 heteroatoms. The van der Waals surface area contributed by atoms with Crippen LogP contribution in [0.15, 0.2) is 48.5 Å². The molecule has 0 bridgehead atoms. The second-order valence-corrected chi connectivity index (χ2v) is 8.47. The lowest BCUT2D eigenvalue weighted by Gasteiger charge is -2.25. The van der Waals surface area contributed by atoms with Gasteiger partial charge in [0.15, 0.2) is 0 Å². The van der Waals surface area contributed by atoms with Crippen molar-refractivity contribution in [2.45, 2.75) is 26.3 Å². The number of anilines is 1. The van der Waals surface area contributed by atoms with E-state index in [1.165, 1.54) is 11.8 Å². The van der Waals surface area contributed by atoms with Crippen LogP contribution in [0.1, 0.15) is 51.3 Å². The minimum Gasteiger partial charge on any atom is -0.372 e. The number of rotatable bonds is 9. The van der Waals surface area contributed by atoms with E-state index in [1.54, 1.807) is 36.4 Å². The number of nitrogens with one attached hydrogen (secondary N) is 2. The molecule has 33 heavy (non-hydrogen) atoms. The second kappa shape index (κ2) is 11.0. The molecular weight excluding hydrogens is 440 g/mol. The Hall–Kier alpha value is -3.33. The van der Waals surface area contributed by atoms with Gasteiger partial charge in [-0.2, -0.15) is 11.8 Å². The molecule has 1 aliphatic rings. The van der Waals surface area contributed by atoms with Gasteiger partial charge in [-0.05, 0) is 68.7 Å². The van der Waals surface area contributed by atoms with Crippen LogP contribution in [0.5, 0.6) is 0 Å². The fourth-order valence-electron chi connectivity index (χ4n) is 3.78. The van der Waals surface area contributed by atoms with Crippen molar-refractivity contribution in [2.75, 3.05) is 30.0 Å². The first-order chi connectivity index (χ1) is 15.9. The molecule has 3 rings (SSSR count). The summed E-state index contributed by atoms with van der Waals surface area (Å²) in [5.41, 5.74) is 6.73. The largest absolute Gasteiger partial charge is 0.372 e. The summed E-state index contributed by atoms with van der Waals surface area (Å²) in [6.45, 7) is 5.82. The SMILES string of the molecule is CCN(CC)c1ccc(C(=O)NNC(=O)C(CCSC)N2C(=O)c3ccccc3C2=O)cc1. The Bertz CT molecular complexity index is 1000. The zero-order valence-electron chi connectivity index (χ0n) is 19.0. The van der Waals surface area contributed by atoms with E-state index in [0.29, 0.717) is 11.3 Å². The molecule has 1 heterocycles. The van der Waals surface area contributed by atoms with E-state index >= 15 is 0 Å². The zero-order chi connectivity index (χ0) is 24.0. The molecule has 2 aromatic carbocycles. The first kappa shape index (κ1) is 24.3. The lowest BCUT2D eigenvalue weighted by Crippen LogP contribution is -2.54. The molecule has 0 spiro atoms. The van der Waals surface area contributed by atoms with E-state index in [0.717, 1.165) is 23.7 Å². The first-order valence-electron chi connectivity index (χ1n) is 10.8. The molecule has 8 nitrogen and oxygen atoms in total. The highest BCUT2D eigenvalue weighted by atomic mass is 32.2. The predicted molar refractivity (Wildman–Crippen MR) is 129 cm³/mol. The van der Waals surface area contributed by atoms with Gasteiger partial charge in [0.1, 0.15) is 6.04 Å². The normalized spacial score (nSPS) is 13.5. The molecule has 0 aliphatic carbocycles. The van der Waals surface area contributed by atoms with Gasteiger partial charge in [0, 0.05) is 24.3 Å². The van der Waals surface area contributed by atoms with Crippen molar-refractivity contribution < 1.29 is 19.2 Å². The second-order valence-electron chi connectivity index (χ2n) is 7.49. The van der Waals surface area contributed by atoms with Crippen molar-refractivity contribution in [1.29, 1.82) is 0 Å². The summed E-state index contributed by atoms with van der Waals surface area (Å²) in [6, 6.07) is 12.5. The fraction of sp³-hybridized carbons (Fsp3) is 0.333. The lowest BCUT2D eigenvalue weighted by molar-refractivity contribution is -0.125. The van der Waals surface area contributed by atoms with Crippen molar-refractivity contribution in [1.82, 2.24) is 15.8 Å². The van der Waals surface area contributed by atoms with Crippen molar-refractivity contribution in [3.05, 3.63) is 65.2 Å². The van der Waals surface area contributed by atoms with Crippen LogP contribution in [-0.2, 0) is 4.79 Å². The quantitative estimate of drug-likeness (QED) is 0.434. The van der Waals surface area contributed by atoms with Gasteiger partial charge in [-0.25, -0.2) is 0 Å². The maximum Gasteiger partial charge on any atom is 0.269 e. The highest BCUT2D eigenvalue weighted by Crippen LogP contribution is 2.26.